The van der Waals surface area contributed by atoms with Gasteiger partial charge in [0.25, 0.3) is 0 Å². The molecule has 0 heterocycles. The standard InChI is InChI=1S/C17H33Cl/c1-3-4-5-6-7-8-9-10-11-12-13-14-15-16-17(2)18/h2-16H2,1H3. The zero-order valence-electron chi connectivity index (χ0n) is 12.5. The molecule has 0 spiro atoms. The maximum absolute atomic E-state index is 5.73. The third-order valence-electron chi connectivity index (χ3n) is 3.55. The van der Waals surface area contributed by atoms with Gasteiger partial charge in [-0.25, -0.2) is 0 Å². The van der Waals surface area contributed by atoms with Gasteiger partial charge in [0.2, 0.25) is 0 Å². The Kier molecular flexibility index (Phi) is 15.1. The molecular weight excluding hydrogens is 240 g/mol. The molecule has 18 heavy (non-hydrogen) atoms. The minimum Gasteiger partial charge on any atom is -0.0898 e. The fourth-order valence-electron chi connectivity index (χ4n) is 2.33. The summed E-state index contributed by atoms with van der Waals surface area (Å²) in [5, 5.41) is 0.818. The van der Waals surface area contributed by atoms with Crippen molar-refractivity contribution in [1.82, 2.24) is 0 Å². The fraction of sp³-hybridized carbons (Fsp3) is 0.882. The third kappa shape index (κ3) is 16.0. The van der Waals surface area contributed by atoms with Gasteiger partial charge in [0, 0.05) is 5.03 Å². The molecule has 0 N–H and O–H groups in total. The van der Waals surface area contributed by atoms with E-state index in [0.29, 0.717) is 0 Å². The van der Waals surface area contributed by atoms with Crippen molar-refractivity contribution in [2.24, 2.45) is 0 Å². The van der Waals surface area contributed by atoms with E-state index in [-0.39, 0.29) is 0 Å². The molecule has 0 aromatic carbocycles. The lowest BCUT2D eigenvalue weighted by Crippen LogP contribution is -1.83. The van der Waals surface area contributed by atoms with Crippen LogP contribution in [0.15, 0.2) is 11.6 Å². The molecule has 108 valence electrons. The van der Waals surface area contributed by atoms with Gasteiger partial charge in [-0.1, -0.05) is 102 Å². The third-order valence-corrected chi connectivity index (χ3v) is 3.74. The van der Waals surface area contributed by atoms with Crippen molar-refractivity contribution in [2.75, 3.05) is 0 Å². The van der Waals surface area contributed by atoms with Crippen molar-refractivity contribution in [1.29, 1.82) is 0 Å². The summed E-state index contributed by atoms with van der Waals surface area (Å²) < 4.78 is 0. The van der Waals surface area contributed by atoms with E-state index in [1.54, 1.807) is 0 Å². The normalized spacial score (nSPS) is 10.8. The van der Waals surface area contributed by atoms with Crippen LogP contribution in [0.25, 0.3) is 0 Å². The van der Waals surface area contributed by atoms with Crippen LogP contribution < -0.4 is 0 Å². The molecule has 0 nitrogen and oxygen atoms in total. The number of hydrogen-bond acceptors (Lipinski definition) is 0. The number of allylic oxidation sites excluding steroid dienone is 1. The summed E-state index contributed by atoms with van der Waals surface area (Å²) in [4.78, 5) is 0. The van der Waals surface area contributed by atoms with Crippen molar-refractivity contribution in [3.8, 4) is 0 Å². The topological polar surface area (TPSA) is 0 Å². The molecule has 0 aromatic heterocycles. The molecule has 0 atom stereocenters. The molecule has 0 amide bonds. The number of halogens is 1. The fourth-order valence-corrected chi connectivity index (χ4v) is 2.47. The van der Waals surface area contributed by atoms with Crippen molar-refractivity contribution < 1.29 is 0 Å². The van der Waals surface area contributed by atoms with Crippen LogP contribution in [0.4, 0.5) is 0 Å². The van der Waals surface area contributed by atoms with Gasteiger partial charge in [-0.2, -0.15) is 0 Å². The van der Waals surface area contributed by atoms with E-state index in [1.807, 2.05) is 0 Å². The van der Waals surface area contributed by atoms with Crippen molar-refractivity contribution in [3.63, 3.8) is 0 Å². The highest BCUT2D eigenvalue weighted by molar-refractivity contribution is 6.29. The SMILES string of the molecule is C=C(Cl)CCCCCCCCCCCCCCC. The molecule has 0 saturated carbocycles. The second-order valence-electron chi connectivity index (χ2n) is 5.51. The molecule has 0 aromatic rings. The Morgan fingerprint density at radius 2 is 1.00 bits per heavy atom. The van der Waals surface area contributed by atoms with Crippen molar-refractivity contribution in [3.05, 3.63) is 11.6 Å². The zero-order chi connectivity index (χ0) is 13.5. The maximum Gasteiger partial charge on any atom is 0.0109 e. The van der Waals surface area contributed by atoms with Gasteiger partial charge in [0.05, 0.1) is 0 Å². The summed E-state index contributed by atoms with van der Waals surface area (Å²) in [6, 6.07) is 0. The van der Waals surface area contributed by atoms with Crippen LogP contribution in [0.3, 0.4) is 0 Å². The smallest absolute Gasteiger partial charge is 0.0109 e. The highest BCUT2D eigenvalue weighted by Gasteiger charge is 1.94. The summed E-state index contributed by atoms with van der Waals surface area (Å²) in [6.07, 6.45) is 19.2. The lowest BCUT2D eigenvalue weighted by Gasteiger charge is -2.02. The van der Waals surface area contributed by atoms with Gasteiger partial charge in [0.1, 0.15) is 0 Å². The molecule has 0 fully saturated rings. The summed E-state index contributed by atoms with van der Waals surface area (Å²) in [7, 11) is 0. The lowest BCUT2D eigenvalue weighted by atomic mass is 10.0. The van der Waals surface area contributed by atoms with Crippen LogP contribution >= 0.6 is 11.6 Å². The van der Waals surface area contributed by atoms with Crippen LogP contribution in [0.5, 0.6) is 0 Å². The Morgan fingerprint density at radius 3 is 1.33 bits per heavy atom. The number of rotatable bonds is 14. The van der Waals surface area contributed by atoms with Crippen LogP contribution in [0.2, 0.25) is 0 Å². The van der Waals surface area contributed by atoms with E-state index in [1.165, 1.54) is 83.5 Å². The Balaban J connectivity index is 2.92. The van der Waals surface area contributed by atoms with E-state index >= 15 is 0 Å². The van der Waals surface area contributed by atoms with Crippen LogP contribution in [0, 0.1) is 0 Å². The molecule has 0 aliphatic carbocycles. The highest BCUT2D eigenvalue weighted by Crippen LogP contribution is 2.14. The number of unbranched alkanes of at least 4 members (excludes halogenated alkanes) is 12. The van der Waals surface area contributed by atoms with Crippen molar-refractivity contribution in [2.45, 2.75) is 96.8 Å². The van der Waals surface area contributed by atoms with E-state index in [0.717, 1.165) is 11.5 Å². The van der Waals surface area contributed by atoms with Gasteiger partial charge >= 0.3 is 0 Å². The lowest BCUT2D eigenvalue weighted by molar-refractivity contribution is 0.540. The monoisotopic (exact) mass is 272 g/mol. The summed E-state index contributed by atoms with van der Waals surface area (Å²) in [5.74, 6) is 0. The minimum atomic E-state index is 0.818. The quantitative estimate of drug-likeness (QED) is 0.293. The molecule has 0 bridgehead atoms. The summed E-state index contributed by atoms with van der Waals surface area (Å²) >= 11 is 5.73. The molecule has 0 radical (unpaired) electrons. The second kappa shape index (κ2) is 15.1. The summed E-state index contributed by atoms with van der Waals surface area (Å²) in [6.45, 7) is 6.00. The Hall–Kier alpha value is 0.0300. The van der Waals surface area contributed by atoms with Crippen LogP contribution in [-0.4, -0.2) is 0 Å². The van der Waals surface area contributed by atoms with E-state index < -0.39 is 0 Å². The average molecular weight is 273 g/mol. The van der Waals surface area contributed by atoms with Crippen LogP contribution in [-0.2, 0) is 0 Å². The minimum absolute atomic E-state index is 0.818. The molecule has 0 aliphatic rings. The first-order valence-electron chi connectivity index (χ1n) is 8.10. The molecule has 0 unspecified atom stereocenters. The maximum atomic E-state index is 5.73. The molecule has 0 aliphatic heterocycles. The van der Waals surface area contributed by atoms with Crippen molar-refractivity contribution >= 4 is 11.6 Å². The molecule has 0 rings (SSSR count). The predicted octanol–water partition coefficient (Wildman–Crippen LogP) is 7.22. The molecule has 0 saturated heterocycles. The molecule has 1 heteroatoms. The predicted molar refractivity (Wildman–Crippen MR) is 85.3 cm³/mol. The second-order valence-corrected chi connectivity index (χ2v) is 6.04. The average Bonchev–Trinajstić information content (AvgIpc) is 2.34. The van der Waals surface area contributed by atoms with Gasteiger partial charge < -0.3 is 0 Å². The largest absolute Gasteiger partial charge is 0.0898 e. The highest BCUT2D eigenvalue weighted by atomic mass is 35.5. The van der Waals surface area contributed by atoms with E-state index in [2.05, 4.69) is 13.5 Å². The zero-order valence-corrected chi connectivity index (χ0v) is 13.2. The summed E-state index contributed by atoms with van der Waals surface area (Å²) in [5.41, 5.74) is 0. The van der Waals surface area contributed by atoms with E-state index in [4.69, 9.17) is 11.6 Å². The first-order valence-corrected chi connectivity index (χ1v) is 8.48. The van der Waals surface area contributed by atoms with Crippen LogP contribution in [0.1, 0.15) is 96.8 Å². The first kappa shape index (κ1) is 18.0. The van der Waals surface area contributed by atoms with Gasteiger partial charge in [-0.15, -0.1) is 0 Å². The molecular formula is C17H33Cl. The number of hydrogen-bond donors (Lipinski definition) is 0. The Bertz CT molecular complexity index is 174. The van der Waals surface area contributed by atoms with E-state index in [9.17, 15) is 0 Å². The first-order chi connectivity index (χ1) is 8.77. The Labute approximate surface area is 120 Å². The van der Waals surface area contributed by atoms with Gasteiger partial charge in [-0.05, 0) is 12.8 Å². The van der Waals surface area contributed by atoms with Gasteiger partial charge in [0.15, 0.2) is 0 Å². The van der Waals surface area contributed by atoms with Gasteiger partial charge in [-0.3, -0.25) is 0 Å². The Morgan fingerprint density at radius 1 is 0.667 bits per heavy atom.